The molecule has 0 radical (unpaired) electrons. The Kier molecular flexibility index (Phi) is 1.89. The fourth-order valence-corrected chi connectivity index (χ4v) is 1.79. The molecule has 72 valence electrons. The molecule has 0 amide bonds. The van der Waals surface area contributed by atoms with Gasteiger partial charge in [0.1, 0.15) is 12.2 Å². The van der Waals surface area contributed by atoms with E-state index in [-0.39, 0.29) is 5.97 Å². The Labute approximate surface area is 76.1 Å². The van der Waals surface area contributed by atoms with E-state index >= 15 is 0 Å². The maximum Gasteiger partial charge on any atom is 0.343 e. The van der Waals surface area contributed by atoms with E-state index in [0.717, 1.165) is 0 Å². The van der Waals surface area contributed by atoms with Crippen molar-refractivity contribution < 1.29 is 19.4 Å². The van der Waals surface area contributed by atoms with E-state index in [1.54, 1.807) is 12.2 Å². The fraction of sp³-hybridized carbons (Fsp3) is 0.667. The Morgan fingerprint density at radius 3 is 3.31 bits per heavy atom. The summed E-state index contributed by atoms with van der Waals surface area (Å²) in [5.41, 5.74) is -0.918. The van der Waals surface area contributed by atoms with Crippen LogP contribution < -0.4 is 0 Å². The third-order valence-corrected chi connectivity index (χ3v) is 2.45. The quantitative estimate of drug-likeness (QED) is 0.485. The van der Waals surface area contributed by atoms with Crippen LogP contribution in [-0.2, 0) is 14.3 Å². The minimum absolute atomic E-state index is 0.382. The van der Waals surface area contributed by atoms with Crippen molar-refractivity contribution in [3.8, 4) is 0 Å². The topological polar surface area (TPSA) is 55.8 Å². The number of carbonyl (C=O) groups is 1. The van der Waals surface area contributed by atoms with Gasteiger partial charge in [0.15, 0.2) is 5.60 Å². The molecule has 0 saturated carbocycles. The van der Waals surface area contributed by atoms with Crippen LogP contribution in [0.15, 0.2) is 12.2 Å². The minimum Gasteiger partial charge on any atom is -0.457 e. The second kappa shape index (κ2) is 2.82. The summed E-state index contributed by atoms with van der Waals surface area (Å²) in [7, 11) is 0. The molecule has 4 heteroatoms. The van der Waals surface area contributed by atoms with Gasteiger partial charge >= 0.3 is 5.97 Å². The number of hydrogen-bond acceptors (Lipinski definition) is 4. The van der Waals surface area contributed by atoms with Gasteiger partial charge in [-0.2, -0.15) is 0 Å². The summed E-state index contributed by atoms with van der Waals surface area (Å²) in [5, 5.41) is 9.38. The van der Waals surface area contributed by atoms with Crippen LogP contribution in [0.5, 0.6) is 0 Å². The number of ether oxygens (including phenoxy) is 2. The van der Waals surface area contributed by atoms with Crippen molar-refractivity contribution in [1.29, 1.82) is 0 Å². The Balaban J connectivity index is 2.27. The van der Waals surface area contributed by atoms with Gasteiger partial charge in [-0.3, -0.25) is 0 Å². The Hall–Kier alpha value is -0.870. The summed E-state index contributed by atoms with van der Waals surface area (Å²) in [4.78, 5) is 11.4. The maximum absolute atomic E-state index is 11.4. The van der Waals surface area contributed by atoms with Crippen LogP contribution in [-0.4, -0.2) is 35.5 Å². The lowest BCUT2D eigenvalue weighted by molar-refractivity contribution is -0.155. The van der Waals surface area contributed by atoms with Gasteiger partial charge in [0, 0.05) is 13.0 Å². The number of carbonyl (C=O) groups excluding carboxylic acids is 1. The van der Waals surface area contributed by atoms with Gasteiger partial charge in [0.25, 0.3) is 0 Å². The number of hydrogen-bond donors (Lipinski definition) is 1. The maximum atomic E-state index is 11.4. The number of rotatable bonds is 2. The van der Waals surface area contributed by atoms with Gasteiger partial charge < -0.3 is 14.6 Å². The van der Waals surface area contributed by atoms with Crippen molar-refractivity contribution in [2.24, 2.45) is 0 Å². The third kappa shape index (κ3) is 1.17. The van der Waals surface area contributed by atoms with Crippen LogP contribution in [0, 0.1) is 0 Å². The zero-order valence-corrected chi connectivity index (χ0v) is 7.40. The third-order valence-electron chi connectivity index (χ3n) is 2.45. The number of fused-ring (bicyclic) bond motifs is 2. The van der Waals surface area contributed by atoms with Crippen molar-refractivity contribution in [3.05, 3.63) is 12.2 Å². The molecule has 0 aromatic carbocycles. The van der Waals surface area contributed by atoms with Crippen LogP contribution in [0.1, 0.15) is 13.3 Å². The molecule has 13 heavy (non-hydrogen) atoms. The van der Waals surface area contributed by atoms with Crippen molar-refractivity contribution in [1.82, 2.24) is 0 Å². The predicted molar refractivity (Wildman–Crippen MR) is 44.0 cm³/mol. The average molecular weight is 184 g/mol. The van der Waals surface area contributed by atoms with E-state index in [2.05, 4.69) is 0 Å². The molecule has 4 nitrogen and oxygen atoms in total. The van der Waals surface area contributed by atoms with E-state index in [9.17, 15) is 9.90 Å². The van der Waals surface area contributed by atoms with E-state index in [4.69, 9.17) is 9.47 Å². The molecule has 1 aliphatic heterocycles. The largest absolute Gasteiger partial charge is 0.457 e. The summed E-state index contributed by atoms with van der Waals surface area (Å²) < 4.78 is 10.3. The van der Waals surface area contributed by atoms with Crippen LogP contribution in [0.3, 0.4) is 0 Å². The summed E-state index contributed by atoms with van der Waals surface area (Å²) in [6.07, 6.45) is 2.49. The normalized spacial score (nSPS) is 42.2. The van der Waals surface area contributed by atoms with Gasteiger partial charge in [-0.15, -0.1) is 0 Å². The molecule has 1 unspecified atom stereocenters. The summed E-state index contributed by atoms with van der Waals surface area (Å²) >= 11 is 0. The molecule has 0 spiro atoms. The van der Waals surface area contributed by atoms with Gasteiger partial charge in [0.05, 0.1) is 0 Å². The molecule has 2 aliphatic rings. The first kappa shape index (κ1) is 8.72. The summed E-state index contributed by atoms with van der Waals surface area (Å²) in [5.74, 6) is -0.382. The van der Waals surface area contributed by atoms with Crippen molar-refractivity contribution in [2.75, 3.05) is 6.61 Å². The SMILES string of the molecule is CCO[C@@]12C=C[C@@H](O)C(C1)OC2=O. The van der Waals surface area contributed by atoms with Crippen molar-refractivity contribution in [2.45, 2.75) is 31.2 Å². The standard InChI is InChI=1S/C9H12O4/c1-2-12-9-4-3-6(10)7(5-9)13-8(9)11/h3-4,6-7,10H,2,5H2,1H3/t6-,7?,9+/m1/s1. The predicted octanol–water partition coefficient (Wildman–Crippen LogP) is 0.00790. The highest BCUT2D eigenvalue weighted by atomic mass is 16.6. The molecule has 2 rings (SSSR count). The second-order valence-electron chi connectivity index (χ2n) is 3.32. The van der Waals surface area contributed by atoms with Crippen molar-refractivity contribution >= 4 is 5.97 Å². The Morgan fingerprint density at radius 2 is 2.62 bits per heavy atom. The molecule has 1 fully saturated rings. The summed E-state index contributed by atoms with van der Waals surface area (Å²) in [6.45, 7) is 2.29. The van der Waals surface area contributed by atoms with E-state index in [1.807, 2.05) is 6.92 Å². The number of aliphatic hydroxyl groups excluding tert-OH is 1. The molecule has 0 aromatic rings. The molecule has 2 bridgehead atoms. The highest BCUT2D eigenvalue weighted by Crippen LogP contribution is 2.36. The highest BCUT2D eigenvalue weighted by molar-refractivity contribution is 5.85. The molecule has 1 aliphatic carbocycles. The molecule has 1 saturated heterocycles. The Bertz CT molecular complexity index is 260. The van der Waals surface area contributed by atoms with Crippen LogP contribution in [0.4, 0.5) is 0 Å². The molecular weight excluding hydrogens is 172 g/mol. The zero-order chi connectivity index (χ0) is 9.47. The average Bonchev–Trinajstić information content (AvgIpc) is 2.36. The molecule has 3 atom stereocenters. The van der Waals surface area contributed by atoms with Crippen LogP contribution in [0.2, 0.25) is 0 Å². The fourth-order valence-electron chi connectivity index (χ4n) is 1.79. The minimum atomic E-state index is -0.918. The zero-order valence-electron chi connectivity index (χ0n) is 7.40. The molecule has 1 heterocycles. The van der Waals surface area contributed by atoms with Gasteiger partial charge in [-0.25, -0.2) is 4.79 Å². The number of esters is 1. The van der Waals surface area contributed by atoms with Gasteiger partial charge in [-0.1, -0.05) is 6.08 Å². The highest BCUT2D eigenvalue weighted by Gasteiger charge is 2.52. The lowest BCUT2D eigenvalue weighted by Crippen LogP contribution is -2.38. The lowest BCUT2D eigenvalue weighted by Gasteiger charge is -2.24. The first-order valence-corrected chi connectivity index (χ1v) is 4.40. The Morgan fingerprint density at radius 1 is 1.85 bits per heavy atom. The first-order valence-electron chi connectivity index (χ1n) is 4.40. The summed E-state index contributed by atoms with van der Waals surface area (Å²) in [6, 6.07) is 0. The number of aliphatic hydroxyl groups is 1. The lowest BCUT2D eigenvalue weighted by atomic mass is 9.91. The van der Waals surface area contributed by atoms with E-state index in [1.165, 1.54) is 0 Å². The second-order valence-corrected chi connectivity index (χ2v) is 3.32. The van der Waals surface area contributed by atoms with E-state index in [0.29, 0.717) is 13.0 Å². The molecule has 0 aromatic heterocycles. The van der Waals surface area contributed by atoms with Crippen LogP contribution >= 0.6 is 0 Å². The molecule has 1 N–H and O–H groups in total. The monoisotopic (exact) mass is 184 g/mol. The van der Waals surface area contributed by atoms with Gasteiger partial charge in [-0.05, 0) is 13.0 Å². The smallest absolute Gasteiger partial charge is 0.343 e. The van der Waals surface area contributed by atoms with E-state index < -0.39 is 17.8 Å². The molecular formula is C9H12O4. The van der Waals surface area contributed by atoms with Gasteiger partial charge in [0.2, 0.25) is 0 Å². The van der Waals surface area contributed by atoms with Crippen molar-refractivity contribution in [3.63, 3.8) is 0 Å². The first-order chi connectivity index (χ1) is 6.18. The van der Waals surface area contributed by atoms with Crippen LogP contribution in [0.25, 0.3) is 0 Å².